The number of amides is 3. The molecule has 0 heterocycles. The molecule has 1 aromatic carbocycles. The van der Waals surface area contributed by atoms with Gasteiger partial charge in [0.05, 0.1) is 6.61 Å². The number of carbonyl (C=O) groups is 3. The number of imide groups is 1. The van der Waals surface area contributed by atoms with Gasteiger partial charge in [-0.15, -0.1) is 0 Å². The Bertz CT molecular complexity index is 674. The van der Waals surface area contributed by atoms with Gasteiger partial charge in [-0.2, -0.15) is 0 Å². The third-order valence-electron chi connectivity index (χ3n) is 4.23. The van der Waals surface area contributed by atoms with Crippen LogP contribution in [-0.2, 0) is 14.3 Å². The Balaban J connectivity index is 1.55. The van der Waals surface area contributed by atoms with E-state index in [0.29, 0.717) is 23.8 Å². The van der Waals surface area contributed by atoms with Crippen LogP contribution >= 0.6 is 11.6 Å². The zero-order chi connectivity index (χ0) is 19.6. The molecule has 0 unspecified atom stereocenters. The van der Waals surface area contributed by atoms with E-state index in [-0.39, 0.29) is 12.5 Å². The number of aryl methyl sites for hydroxylation is 1. The van der Waals surface area contributed by atoms with Crippen molar-refractivity contribution in [2.45, 2.75) is 51.5 Å². The predicted octanol–water partition coefficient (Wildman–Crippen LogP) is 3.12. The summed E-state index contributed by atoms with van der Waals surface area (Å²) in [6.07, 6.45) is 4.58. The highest BCUT2D eigenvalue weighted by atomic mass is 35.5. The molecule has 0 aromatic heterocycles. The topological polar surface area (TPSA) is 93.7 Å². The molecular weight excluding hydrogens is 372 g/mol. The Morgan fingerprint density at radius 2 is 1.96 bits per heavy atom. The standard InChI is InChI=1S/C19H25ClN2O5/c1-13-11-14(20)8-9-16(13)26-10-4-7-18(24)27-12-17(23)22-19(25)21-15-5-2-3-6-15/h8-9,11,15H,2-7,10,12H2,1H3,(H2,21,22,23,25). The van der Waals surface area contributed by atoms with Gasteiger partial charge in [-0.1, -0.05) is 24.4 Å². The molecule has 1 aliphatic rings. The van der Waals surface area contributed by atoms with Gasteiger partial charge < -0.3 is 14.8 Å². The molecule has 2 rings (SSSR count). The first-order valence-electron chi connectivity index (χ1n) is 9.09. The highest BCUT2D eigenvalue weighted by Crippen LogP contribution is 2.22. The molecule has 0 atom stereocenters. The second kappa shape index (κ2) is 10.8. The summed E-state index contributed by atoms with van der Waals surface area (Å²) in [6.45, 7) is 1.75. The molecule has 1 aliphatic carbocycles. The molecule has 1 fully saturated rings. The van der Waals surface area contributed by atoms with Crippen LogP contribution in [0.4, 0.5) is 4.79 Å². The number of halogens is 1. The highest BCUT2D eigenvalue weighted by molar-refractivity contribution is 6.30. The fourth-order valence-corrected chi connectivity index (χ4v) is 3.07. The molecule has 27 heavy (non-hydrogen) atoms. The normalized spacial score (nSPS) is 13.9. The lowest BCUT2D eigenvalue weighted by Crippen LogP contribution is -2.44. The summed E-state index contributed by atoms with van der Waals surface area (Å²) in [5.41, 5.74) is 0.914. The monoisotopic (exact) mass is 396 g/mol. The lowest BCUT2D eigenvalue weighted by molar-refractivity contribution is -0.148. The molecule has 1 aromatic rings. The van der Waals surface area contributed by atoms with Crippen LogP contribution < -0.4 is 15.4 Å². The van der Waals surface area contributed by atoms with Crippen LogP contribution in [0.15, 0.2) is 18.2 Å². The third-order valence-corrected chi connectivity index (χ3v) is 4.46. The van der Waals surface area contributed by atoms with Crippen LogP contribution in [0.3, 0.4) is 0 Å². The molecular formula is C19H25ClN2O5. The number of esters is 1. The first-order chi connectivity index (χ1) is 12.9. The Kier molecular flexibility index (Phi) is 8.39. The Morgan fingerprint density at radius 1 is 1.22 bits per heavy atom. The van der Waals surface area contributed by atoms with Crippen molar-refractivity contribution in [2.75, 3.05) is 13.2 Å². The minimum absolute atomic E-state index is 0.115. The van der Waals surface area contributed by atoms with E-state index in [0.717, 1.165) is 31.2 Å². The average Bonchev–Trinajstić information content (AvgIpc) is 3.11. The van der Waals surface area contributed by atoms with Gasteiger partial charge in [0.25, 0.3) is 5.91 Å². The number of rotatable bonds is 8. The van der Waals surface area contributed by atoms with E-state index in [2.05, 4.69) is 10.6 Å². The molecule has 148 valence electrons. The van der Waals surface area contributed by atoms with Gasteiger partial charge in [-0.05, 0) is 49.9 Å². The second-order valence-electron chi connectivity index (χ2n) is 6.53. The lowest BCUT2D eigenvalue weighted by atomic mass is 10.2. The van der Waals surface area contributed by atoms with Gasteiger partial charge in [-0.3, -0.25) is 14.9 Å². The average molecular weight is 397 g/mol. The number of hydrogen-bond acceptors (Lipinski definition) is 5. The van der Waals surface area contributed by atoms with Gasteiger partial charge in [0.2, 0.25) is 0 Å². The van der Waals surface area contributed by atoms with Gasteiger partial charge in [-0.25, -0.2) is 4.79 Å². The zero-order valence-electron chi connectivity index (χ0n) is 15.4. The lowest BCUT2D eigenvalue weighted by Gasteiger charge is -2.12. The van der Waals surface area contributed by atoms with E-state index in [1.807, 2.05) is 6.92 Å². The van der Waals surface area contributed by atoms with Crippen molar-refractivity contribution in [3.05, 3.63) is 28.8 Å². The third kappa shape index (κ3) is 7.86. The van der Waals surface area contributed by atoms with E-state index in [4.69, 9.17) is 21.1 Å². The summed E-state index contributed by atoms with van der Waals surface area (Å²) >= 11 is 5.88. The first-order valence-corrected chi connectivity index (χ1v) is 9.47. The zero-order valence-corrected chi connectivity index (χ0v) is 16.1. The van der Waals surface area contributed by atoms with Crippen molar-refractivity contribution in [1.29, 1.82) is 0 Å². The van der Waals surface area contributed by atoms with Crippen LogP contribution in [0.5, 0.6) is 5.75 Å². The quantitative estimate of drug-likeness (QED) is 0.520. The van der Waals surface area contributed by atoms with Gasteiger partial charge in [0.1, 0.15) is 5.75 Å². The fourth-order valence-electron chi connectivity index (χ4n) is 2.85. The Morgan fingerprint density at radius 3 is 2.67 bits per heavy atom. The van der Waals surface area contributed by atoms with E-state index in [1.54, 1.807) is 18.2 Å². The summed E-state index contributed by atoms with van der Waals surface area (Å²) in [6, 6.07) is 4.88. The molecule has 1 saturated carbocycles. The summed E-state index contributed by atoms with van der Waals surface area (Å²) in [4.78, 5) is 34.9. The molecule has 7 nitrogen and oxygen atoms in total. The molecule has 0 spiro atoms. The Hall–Kier alpha value is -2.28. The number of urea groups is 1. The summed E-state index contributed by atoms with van der Waals surface area (Å²) in [5.74, 6) is -0.454. The van der Waals surface area contributed by atoms with Crippen LogP contribution in [0.1, 0.15) is 44.1 Å². The highest BCUT2D eigenvalue weighted by Gasteiger charge is 2.18. The maximum absolute atomic E-state index is 11.7. The van der Waals surface area contributed by atoms with Crippen molar-refractivity contribution in [1.82, 2.24) is 10.6 Å². The molecule has 0 radical (unpaired) electrons. The molecule has 2 N–H and O–H groups in total. The van der Waals surface area contributed by atoms with Crippen LogP contribution in [0.2, 0.25) is 5.02 Å². The first kappa shape index (κ1) is 21.0. The van der Waals surface area contributed by atoms with Crippen molar-refractivity contribution in [3.63, 3.8) is 0 Å². The second-order valence-corrected chi connectivity index (χ2v) is 6.96. The number of nitrogens with one attached hydrogen (secondary N) is 2. The predicted molar refractivity (Wildman–Crippen MR) is 101 cm³/mol. The summed E-state index contributed by atoms with van der Waals surface area (Å²) in [5, 5.41) is 5.52. The molecule has 0 aliphatic heterocycles. The SMILES string of the molecule is Cc1cc(Cl)ccc1OCCCC(=O)OCC(=O)NC(=O)NC1CCCC1. The number of carbonyl (C=O) groups excluding carboxylic acids is 3. The summed E-state index contributed by atoms with van der Waals surface area (Å²) in [7, 11) is 0. The fraction of sp³-hybridized carbons (Fsp3) is 0.526. The molecule has 0 saturated heterocycles. The minimum Gasteiger partial charge on any atom is -0.493 e. The van der Waals surface area contributed by atoms with Crippen molar-refractivity contribution < 1.29 is 23.9 Å². The molecule has 8 heteroatoms. The van der Waals surface area contributed by atoms with Crippen LogP contribution in [0.25, 0.3) is 0 Å². The van der Waals surface area contributed by atoms with Crippen LogP contribution in [-0.4, -0.2) is 37.2 Å². The van der Waals surface area contributed by atoms with E-state index in [1.165, 1.54) is 0 Å². The van der Waals surface area contributed by atoms with Gasteiger partial charge in [0.15, 0.2) is 6.61 Å². The van der Waals surface area contributed by atoms with Gasteiger partial charge in [0, 0.05) is 17.5 Å². The van der Waals surface area contributed by atoms with E-state index >= 15 is 0 Å². The Labute approximate surface area is 163 Å². The molecule has 3 amide bonds. The van der Waals surface area contributed by atoms with Gasteiger partial charge >= 0.3 is 12.0 Å². The molecule has 0 bridgehead atoms. The van der Waals surface area contributed by atoms with Crippen molar-refractivity contribution in [3.8, 4) is 5.75 Å². The van der Waals surface area contributed by atoms with E-state index < -0.39 is 24.5 Å². The van der Waals surface area contributed by atoms with E-state index in [9.17, 15) is 14.4 Å². The summed E-state index contributed by atoms with van der Waals surface area (Å²) < 4.78 is 10.4. The number of benzene rings is 1. The number of ether oxygens (including phenoxy) is 2. The van der Waals surface area contributed by atoms with Crippen molar-refractivity contribution in [2.24, 2.45) is 0 Å². The smallest absolute Gasteiger partial charge is 0.321 e. The maximum atomic E-state index is 11.7. The van der Waals surface area contributed by atoms with Crippen LogP contribution in [0, 0.1) is 6.92 Å². The maximum Gasteiger partial charge on any atom is 0.321 e. The number of hydrogen-bond donors (Lipinski definition) is 2. The van der Waals surface area contributed by atoms with Crippen molar-refractivity contribution >= 4 is 29.5 Å². The minimum atomic E-state index is -0.646. The largest absolute Gasteiger partial charge is 0.493 e.